The van der Waals surface area contributed by atoms with Gasteiger partial charge in [0.05, 0.1) is 15.6 Å². The summed E-state index contributed by atoms with van der Waals surface area (Å²) in [5, 5.41) is 2.96. The Morgan fingerprint density at radius 1 is 1.12 bits per heavy atom. The molecule has 0 aliphatic carbocycles. The maximum absolute atomic E-state index is 12.4. The molecule has 0 radical (unpaired) electrons. The van der Waals surface area contributed by atoms with Crippen molar-refractivity contribution in [3.63, 3.8) is 0 Å². The number of halogens is 1. The Morgan fingerprint density at radius 2 is 1.80 bits per heavy atom. The quantitative estimate of drug-likeness (QED) is 0.713. The van der Waals surface area contributed by atoms with E-state index in [2.05, 4.69) is 10.0 Å². The van der Waals surface area contributed by atoms with Crippen molar-refractivity contribution in [3.05, 3.63) is 58.6 Å². The van der Waals surface area contributed by atoms with Gasteiger partial charge in [-0.3, -0.25) is 9.52 Å². The molecular weight excluding hydrogens is 360 g/mol. The second-order valence-corrected chi connectivity index (χ2v) is 7.81. The second kappa shape index (κ2) is 8.36. The van der Waals surface area contributed by atoms with E-state index in [9.17, 15) is 13.2 Å². The summed E-state index contributed by atoms with van der Waals surface area (Å²) in [5.74, 6) is -0.233. The molecule has 0 heterocycles. The molecular formula is C18H21ClN2O3S. The molecule has 0 saturated heterocycles. The van der Waals surface area contributed by atoms with E-state index in [1.54, 1.807) is 18.2 Å². The second-order valence-electron chi connectivity index (χ2n) is 5.72. The van der Waals surface area contributed by atoms with Gasteiger partial charge < -0.3 is 5.32 Å². The molecule has 0 aliphatic heterocycles. The van der Waals surface area contributed by atoms with Crippen LogP contribution in [0.25, 0.3) is 0 Å². The lowest BCUT2D eigenvalue weighted by Crippen LogP contribution is -2.24. The van der Waals surface area contributed by atoms with Gasteiger partial charge in [-0.15, -0.1) is 0 Å². The van der Waals surface area contributed by atoms with Crippen molar-refractivity contribution in [1.29, 1.82) is 0 Å². The van der Waals surface area contributed by atoms with Gasteiger partial charge in [0.2, 0.25) is 0 Å². The van der Waals surface area contributed by atoms with E-state index in [1.807, 2.05) is 13.8 Å². The number of aryl methyl sites for hydroxylation is 1. The van der Waals surface area contributed by atoms with Crippen LogP contribution in [0.5, 0.6) is 0 Å². The lowest BCUT2D eigenvalue weighted by atomic mass is 10.2. The third-order valence-electron chi connectivity index (χ3n) is 3.62. The third kappa shape index (κ3) is 5.21. The number of hydrogen-bond donors (Lipinski definition) is 2. The molecule has 2 N–H and O–H groups in total. The van der Waals surface area contributed by atoms with Crippen molar-refractivity contribution in [2.45, 2.75) is 31.6 Å². The molecule has 0 aromatic heterocycles. The summed E-state index contributed by atoms with van der Waals surface area (Å²) in [6.07, 6.45) is 1.88. The molecule has 0 fully saturated rings. The van der Waals surface area contributed by atoms with Crippen LogP contribution in [0.1, 0.15) is 35.7 Å². The van der Waals surface area contributed by atoms with Gasteiger partial charge in [-0.1, -0.05) is 42.6 Å². The summed E-state index contributed by atoms with van der Waals surface area (Å²) in [6.45, 7) is 4.51. The number of rotatable bonds is 7. The molecule has 2 aromatic rings. The van der Waals surface area contributed by atoms with Crippen molar-refractivity contribution in [2.75, 3.05) is 11.3 Å². The zero-order valence-electron chi connectivity index (χ0n) is 14.2. The van der Waals surface area contributed by atoms with Gasteiger partial charge in [0, 0.05) is 12.1 Å². The van der Waals surface area contributed by atoms with Crippen molar-refractivity contribution < 1.29 is 13.2 Å². The standard InChI is InChI=1S/C18H21ClN2O3S/c1-3-4-11-20-18(22)14-7-10-17(16(19)12-14)21-25(23,24)15-8-5-13(2)6-9-15/h5-10,12,21H,3-4,11H2,1-2H3,(H,20,22). The third-order valence-corrected chi connectivity index (χ3v) is 5.32. The first-order valence-corrected chi connectivity index (χ1v) is 9.87. The van der Waals surface area contributed by atoms with Crippen LogP contribution in [0.15, 0.2) is 47.4 Å². The minimum atomic E-state index is -3.74. The number of carbonyl (C=O) groups is 1. The number of nitrogens with one attached hydrogen (secondary N) is 2. The normalized spacial score (nSPS) is 11.2. The monoisotopic (exact) mass is 380 g/mol. The topological polar surface area (TPSA) is 75.3 Å². The fraction of sp³-hybridized carbons (Fsp3) is 0.278. The average molecular weight is 381 g/mol. The first kappa shape index (κ1) is 19.3. The molecule has 7 heteroatoms. The predicted molar refractivity (Wildman–Crippen MR) is 101 cm³/mol. The Balaban J connectivity index is 2.15. The molecule has 0 aliphatic rings. The molecule has 134 valence electrons. The van der Waals surface area contributed by atoms with Crippen LogP contribution in [-0.2, 0) is 10.0 Å². The lowest BCUT2D eigenvalue weighted by Gasteiger charge is -2.11. The molecule has 2 rings (SSSR count). The van der Waals surface area contributed by atoms with Crippen molar-refractivity contribution in [3.8, 4) is 0 Å². The van der Waals surface area contributed by atoms with Crippen LogP contribution in [0, 0.1) is 6.92 Å². The molecule has 0 atom stereocenters. The van der Waals surface area contributed by atoms with E-state index < -0.39 is 10.0 Å². The van der Waals surface area contributed by atoms with Gasteiger partial charge in [-0.05, 0) is 43.7 Å². The first-order valence-electron chi connectivity index (χ1n) is 8.00. The van der Waals surface area contributed by atoms with Crippen LogP contribution in [0.3, 0.4) is 0 Å². The van der Waals surface area contributed by atoms with Gasteiger partial charge in [0.15, 0.2) is 0 Å². The Hall–Kier alpha value is -2.05. The molecule has 0 bridgehead atoms. The van der Waals surface area contributed by atoms with E-state index in [1.165, 1.54) is 24.3 Å². The summed E-state index contributed by atoms with van der Waals surface area (Å²) >= 11 is 6.15. The Kier molecular flexibility index (Phi) is 6.45. The summed E-state index contributed by atoms with van der Waals surface area (Å²) in [4.78, 5) is 12.2. The number of hydrogen-bond acceptors (Lipinski definition) is 3. The largest absolute Gasteiger partial charge is 0.352 e. The minimum Gasteiger partial charge on any atom is -0.352 e. The Bertz CT molecular complexity index is 849. The van der Waals surface area contributed by atoms with Crippen LogP contribution < -0.4 is 10.0 Å². The van der Waals surface area contributed by atoms with Gasteiger partial charge in [-0.2, -0.15) is 0 Å². The van der Waals surface area contributed by atoms with Crippen LogP contribution >= 0.6 is 11.6 Å². The van der Waals surface area contributed by atoms with E-state index in [0.717, 1.165) is 18.4 Å². The highest BCUT2D eigenvalue weighted by Crippen LogP contribution is 2.26. The number of amides is 1. The molecule has 25 heavy (non-hydrogen) atoms. The molecule has 1 amide bonds. The summed E-state index contributed by atoms with van der Waals surface area (Å²) in [6, 6.07) is 11.0. The van der Waals surface area contributed by atoms with Crippen LogP contribution in [-0.4, -0.2) is 20.9 Å². The van der Waals surface area contributed by atoms with E-state index in [-0.39, 0.29) is 21.5 Å². The highest BCUT2D eigenvalue weighted by Gasteiger charge is 2.16. The zero-order chi connectivity index (χ0) is 18.4. The van der Waals surface area contributed by atoms with E-state index in [4.69, 9.17) is 11.6 Å². The van der Waals surface area contributed by atoms with Crippen molar-refractivity contribution in [2.24, 2.45) is 0 Å². The van der Waals surface area contributed by atoms with Crippen molar-refractivity contribution in [1.82, 2.24) is 5.32 Å². The molecule has 5 nitrogen and oxygen atoms in total. The summed E-state index contributed by atoms with van der Waals surface area (Å²) < 4.78 is 27.3. The first-order chi connectivity index (χ1) is 11.8. The summed E-state index contributed by atoms with van der Waals surface area (Å²) in [5.41, 5.74) is 1.59. The predicted octanol–water partition coefficient (Wildman–Crippen LogP) is 3.98. The lowest BCUT2D eigenvalue weighted by molar-refractivity contribution is 0.0953. The maximum Gasteiger partial charge on any atom is 0.261 e. The Morgan fingerprint density at radius 3 is 2.40 bits per heavy atom. The molecule has 0 spiro atoms. The number of carbonyl (C=O) groups excluding carboxylic acids is 1. The Labute approximate surface area is 153 Å². The van der Waals surface area contributed by atoms with E-state index in [0.29, 0.717) is 12.1 Å². The molecule has 2 aromatic carbocycles. The van der Waals surface area contributed by atoms with Gasteiger partial charge in [-0.25, -0.2) is 8.42 Å². The maximum atomic E-state index is 12.4. The van der Waals surface area contributed by atoms with Crippen LogP contribution in [0.4, 0.5) is 5.69 Å². The zero-order valence-corrected chi connectivity index (χ0v) is 15.7. The van der Waals surface area contributed by atoms with Crippen LogP contribution in [0.2, 0.25) is 5.02 Å². The SMILES string of the molecule is CCCCNC(=O)c1ccc(NS(=O)(=O)c2ccc(C)cc2)c(Cl)c1. The van der Waals surface area contributed by atoms with Gasteiger partial charge >= 0.3 is 0 Å². The van der Waals surface area contributed by atoms with E-state index >= 15 is 0 Å². The minimum absolute atomic E-state index is 0.149. The molecule has 0 unspecified atom stereocenters. The van der Waals surface area contributed by atoms with Gasteiger partial charge in [0.1, 0.15) is 0 Å². The van der Waals surface area contributed by atoms with Gasteiger partial charge in [0.25, 0.3) is 15.9 Å². The number of unbranched alkanes of at least 4 members (excludes halogenated alkanes) is 1. The van der Waals surface area contributed by atoms with Crippen molar-refractivity contribution >= 4 is 33.2 Å². The summed E-state index contributed by atoms with van der Waals surface area (Å²) in [7, 11) is -3.74. The number of benzene rings is 2. The highest BCUT2D eigenvalue weighted by molar-refractivity contribution is 7.92. The smallest absolute Gasteiger partial charge is 0.261 e. The number of anilines is 1. The highest BCUT2D eigenvalue weighted by atomic mass is 35.5. The number of sulfonamides is 1. The fourth-order valence-electron chi connectivity index (χ4n) is 2.14. The molecule has 0 saturated carbocycles. The average Bonchev–Trinajstić information content (AvgIpc) is 2.57. The fourth-order valence-corrected chi connectivity index (χ4v) is 3.50.